The molecule has 3 aromatic carbocycles. The molecule has 6 amide bonds. The van der Waals surface area contributed by atoms with E-state index in [2.05, 4.69) is 33.0 Å². The Bertz CT molecular complexity index is 2070. The van der Waals surface area contributed by atoms with Gasteiger partial charge in [0.1, 0.15) is 0 Å². The fourth-order valence-electron chi connectivity index (χ4n) is 5.83. The maximum atomic E-state index is 13.3. The van der Waals surface area contributed by atoms with Gasteiger partial charge in [-0.3, -0.25) is 33.7 Å². The molecule has 16 heteroatoms. The molecule has 314 valence electrons. The highest BCUT2D eigenvalue weighted by Gasteiger charge is 2.24. The summed E-state index contributed by atoms with van der Waals surface area (Å²) < 4.78 is 22.0. The number of imide groups is 1. The third-order valence-electron chi connectivity index (χ3n) is 8.99. The summed E-state index contributed by atoms with van der Waals surface area (Å²) in [6.45, 7) is 3.56. The number of para-hydroxylation sites is 1. The number of nitrogens with one attached hydrogen (secondary N) is 3. The smallest absolute Gasteiger partial charge is 0.253 e. The van der Waals surface area contributed by atoms with Crippen LogP contribution in [0.1, 0.15) is 51.9 Å². The van der Waals surface area contributed by atoms with Gasteiger partial charge in [-0.05, 0) is 41.5 Å². The molecule has 0 aliphatic carbocycles. The molecule has 0 saturated heterocycles. The molecule has 0 unspecified atom stereocenters. The Hall–Kier alpha value is -6.51. The van der Waals surface area contributed by atoms with Crippen LogP contribution < -0.4 is 21.0 Å². The van der Waals surface area contributed by atoms with E-state index in [0.717, 1.165) is 39.4 Å². The minimum Gasteiger partial charge on any atom is -0.379 e. The quantitative estimate of drug-likeness (QED) is 0.0396. The van der Waals surface area contributed by atoms with Gasteiger partial charge in [0, 0.05) is 67.7 Å². The maximum Gasteiger partial charge on any atom is 0.253 e. The van der Waals surface area contributed by atoms with Gasteiger partial charge in [-0.25, -0.2) is 5.43 Å². The number of ether oxygens (including phenoxy) is 4. The lowest BCUT2D eigenvalue weighted by atomic mass is 10.0. The van der Waals surface area contributed by atoms with Crippen LogP contribution in [-0.4, -0.2) is 119 Å². The molecule has 0 radical (unpaired) electrons. The van der Waals surface area contributed by atoms with Crippen molar-refractivity contribution >= 4 is 47.3 Å². The van der Waals surface area contributed by atoms with Crippen LogP contribution in [0.3, 0.4) is 0 Å². The maximum absolute atomic E-state index is 13.3. The van der Waals surface area contributed by atoms with Crippen molar-refractivity contribution < 1.29 is 47.7 Å². The molecule has 16 nitrogen and oxygen atoms in total. The first-order chi connectivity index (χ1) is 29.3. The summed E-state index contributed by atoms with van der Waals surface area (Å²) in [5.74, 6) is 4.47. The molecule has 0 bridgehead atoms. The van der Waals surface area contributed by atoms with Gasteiger partial charge in [-0.15, -0.1) is 0 Å². The van der Waals surface area contributed by atoms with E-state index in [9.17, 15) is 28.8 Å². The Morgan fingerprint density at radius 2 is 1.27 bits per heavy atom. The molecule has 0 atom stereocenters. The fraction of sp³-hybridized carbons (Fsp3) is 0.341. The van der Waals surface area contributed by atoms with Gasteiger partial charge in [0.2, 0.25) is 17.7 Å². The topological polar surface area (TPSA) is 194 Å². The molecule has 3 aromatic rings. The van der Waals surface area contributed by atoms with Crippen LogP contribution in [-0.2, 0) is 49.5 Å². The SMILES string of the molecule is O=C(CCOCCOCCOCCOCCNC(=O)c1ccc(/C=N/NC(=O)CCN2C(=O)C=CC2=O)cc1)NCCC(=O)N1Cc2ccccc2C#Cc2ccccc21. The first kappa shape index (κ1) is 44.6. The normalized spacial score (nSPS) is 12.9. The van der Waals surface area contributed by atoms with Crippen LogP contribution >= 0.6 is 0 Å². The van der Waals surface area contributed by atoms with Crippen molar-refractivity contribution in [2.24, 2.45) is 5.10 Å². The van der Waals surface area contributed by atoms with Gasteiger partial charge in [-0.2, -0.15) is 5.10 Å². The van der Waals surface area contributed by atoms with E-state index in [4.69, 9.17) is 18.9 Å². The van der Waals surface area contributed by atoms with E-state index in [1.807, 2.05) is 48.5 Å². The average Bonchev–Trinajstić information content (AvgIpc) is 3.57. The molecule has 5 rings (SSSR count). The summed E-state index contributed by atoms with van der Waals surface area (Å²) in [6, 6.07) is 22.0. The van der Waals surface area contributed by atoms with Crippen LogP contribution in [0.15, 0.2) is 90.0 Å². The first-order valence-corrected chi connectivity index (χ1v) is 19.6. The van der Waals surface area contributed by atoms with Crippen molar-refractivity contribution in [1.29, 1.82) is 0 Å². The van der Waals surface area contributed by atoms with Crippen LogP contribution in [0.25, 0.3) is 0 Å². The van der Waals surface area contributed by atoms with Crippen molar-refractivity contribution in [3.63, 3.8) is 0 Å². The third kappa shape index (κ3) is 14.7. The minimum absolute atomic E-state index is 0.0332. The second kappa shape index (κ2) is 24.4. The zero-order valence-corrected chi connectivity index (χ0v) is 33.2. The Morgan fingerprint density at radius 1 is 0.650 bits per heavy atom. The van der Waals surface area contributed by atoms with Crippen LogP contribution in [0, 0.1) is 11.8 Å². The highest BCUT2D eigenvalue weighted by Crippen LogP contribution is 2.25. The Labute approximate surface area is 348 Å². The average molecular weight is 821 g/mol. The van der Waals surface area contributed by atoms with Gasteiger partial charge in [0.05, 0.1) is 71.3 Å². The predicted molar refractivity (Wildman–Crippen MR) is 221 cm³/mol. The Balaban J connectivity index is 0.807. The standard InChI is InChI=1S/C44H48N6O10/c51-39(45-20-17-43(55)50-32-37-7-2-1-5-34(37)13-14-35-6-3-4-8-38(35)50)19-23-57-25-27-59-29-30-60-28-26-58-24-21-46-44(56)36-11-9-33(10-12-36)31-47-48-40(52)18-22-49-41(53)15-16-42(49)54/h1-12,15-16,31H,17-30,32H2,(H,45,51)(H,46,56)(H,48,52)/b47-31+. The van der Waals surface area contributed by atoms with Crippen LogP contribution in [0.5, 0.6) is 0 Å². The van der Waals surface area contributed by atoms with Crippen molar-refractivity contribution in [2.45, 2.75) is 25.8 Å². The third-order valence-corrected chi connectivity index (χ3v) is 8.99. The summed E-state index contributed by atoms with van der Waals surface area (Å²) in [7, 11) is 0. The van der Waals surface area contributed by atoms with Gasteiger partial charge in [0.15, 0.2) is 0 Å². The molecule has 2 aliphatic heterocycles. The van der Waals surface area contributed by atoms with Gasteiger partial charge < -0.3 is 34.5 Å². The van der Waals surface area contributed by atoms with E-state index in [0.29, 0.717) is 70.5 Å². The predicted octanol–water partition coefficient (Wildman–Crippen LogP) is 2.09. The number of anilines is 1. The number of carbonyl (C=O) groups excluding carboxylic acids is 6. The van der Waals surface area contributed by atoms with Gasteiger partial charge in [-0.1, -0.05) is 54.3 Å². The number of hydrogen-bond acceptors (Lipinski definition) is 11. The molecule has 2 heterocycles. The number of benzene rings is 3. The summed E-state index contributed by atoms with van der Waals surface area (Å²) in [4.78, 5) is 75.8. The number of nitrogens with zero attached hydrogens (tertiary/aromatic N) is 3. The number of fused-ring (bicyclic) bond motifs is 2. The molecular weight excluding hydrogens is 773 g/mol. The summed E-state index contributed by atoms with van der Waals surface area (Å²) in [5, 5.41) is 9.44. The molecule has 0 fully saturated rings. The summed E-state index contributed by atoms with van der Waals surface area (Å²) in [5.41, 5.74) is 6.84. The lowest BCUT2D eigenvalue weighted by Crippen LogP contribution is -2.35. The van der Waals surface area contributed by atoms with E-state index in [1.54, 1.807) is 29.2 Å². The largest absolute Gasteiger partial charge is 0.379 e. The number of hydrazone groups is 1. The summed E-state index contributed by atoms with van der Waals surface area (Å²) >= 11 is 0. The fourth-order valence-corrected chi connectivity index (χ4v) is 5.83. The van der Waals surface area contributed by atoms with E-state index < -0.39 is 17.7 Å². The zero-order chi connectivity index (χ0) is 42.4. The number of hydrogen-bond donors (Lipinski definition) is 3. The van der Waals surface area contributed by atoms with Crippen LogP contribution in [0.4, 0.5) is 5.69 Å². The van der Waals surface area contributed by atoms with E-state index in [1.165, 1.54) is 6.21 Å². The Kier molecular flexibility index (Phi) is 18.1. The van der Waals surface area contributed by atoms with Gasteiger partial charge >= 0.3 is 0 Å². The van der Waals surface area contributed by atoms with Gasteiger partial charge in [0.25, 0.3) is 17.7 Å². The van der Waals surface area contributed by atoms with Crippen molar-refractivity contribution in [3.8, 4) is 11.8 Å². The lowest BCUT2D eigenvalue weighted by molar-refractivity contribution is -0.137. The van der Waals surface area contributed by atoms with E-state index in [-0.39, 0.29) is 56.7 Å². The van der Waals surface area contributed by atoms with Crippen LogP contribution in [0.2, 0.25) is 0 Å². The highest BCUT2D eigenvalue weighted by molar-refractivity contribution is 6.13. The van der Waals surface area contributed by atoms with Crippen molar-refractivity contribution in [2.75, 3.05) is 77.4 Å². The molecular formula is C44H48N6O10. The second-order valence-corrected chi connectivity index (χ2v) is 13.3. The van der Waals surface area contributed by atoms with Crippen molar-refractivity contribution in [3.05, 3.63) is 113 Å². The monoisotopic (exact) mass is 820 g/mol. The highest BCUT2D eigenvalue weighted by atomic mass is 16.6. The first-order valence-electron chi connectivity index (χ1n) is 19.6. The molecule has 60 heavy (non-hydrogen) atoms. The summed E-state index contributed by atoms with van der Waals surface area (Å²) in [6.07, 6.45) is 3.97. The molecule has 0 spiro atoms. The van der Waals surface area contributed by atoms with E-state index >= 15 is 0 Å². The number of rotatable bonds is 24. The Morgan fingerprint density at radius 3 is 1.98 bits per heavy atom. The van der Waals surface area contributed by atoms with Crippen molar-refractivity contribution in [1.82, 2.24) is 21.0 Å². The zero-order valence-electron chi connectivity index (χ0n) is 33.2. The molecule has 0 aromatic heterocycles. The lowest BCUT2D eigenvalue weighted by Gasteiger charge is -2.26. The number of carbonyl (C=O) groups is 6. The molecule has 2 aliphatic rings. The molecule has 0 saturated carbocycles. The molecule has 3 N–H and O–H groups in total. The number of amides is 6. The minimum atomic E-state index is -0.452. The second-order valence-electron chi connectivity index (χ2n) is 13.3.